The van der Waals surface area contributed by atoms with Crippen LogP contribution in [0.15, 0.2) is 24.5 Å². The number of rotatable bonds is 3. The molecule has 8 nitrogen and oxygen atoms in total. The number of carbonyl (C=O) groups excluding carboxylic acids is 2. The Labute approximate surface area is 177 Å². The number of aromatic nitrogens is 4. The van der Waals surface area contributed by atoms with Crippen LogP contribution in [0.4, 0.5) is 0 Å². The molecule has 162 valence electrons. The van der Waals surface area contributed by atoms with Gasteiger partial charge in [0.1, 0.15) is 16.9 Å². The molecule has 0 atom stereocenters. The Morgan fingerprint density at radius 3 is 2.30 bits per heavy atom. The molecule has 3 aromatic rings. The van der Waals surface area contributed by atoms with E-state index in [9.17, 15) is 9.59 Å². The lowest BCUT2D eigenvalue weighted by molar-refractivity contribution is 0.0914. The van der Waals surface area contributed by atoms with E-state index >= 15 is 0 Å². The molecule has 0 saturated heterocycles. The first-order valence-corrected chi connectivity index (χ1v) is 9.88. The van der Waals surface area contributed by atoms with Gasteiger partial charge in [0.2, 0.25) is 0 Å². The molecule has 0 aliphatic rings. The van der Waals surface area contributed by atoms with E-state index < -0.39 is 0 Å². The molecule has 0 fully saturated rings. The van der Waals surface area contributed by atoms with Gasteiger partial charge in [-0.3, -0.25) is 9.59 Å². The Bertz CT molecular complexity index is 1030. The van der Waals surface area contributed by atoms with E-state index in [1.165, 1.54) is 6.92 Å². The third kappa shape index (κ3) is 6.25. The fourth-order valence-electron chi connectivity index (χ4n) is 2.37. The maximum Gasteiger partial charge on any atom is 0.268 e. The smallest absolute Gasteiger partial charge is 0.268 e. The zero-order valence-corrected chi connectivity index (χ0v) is 18.8. The Morgan fingerprint density at radius 1 is 1.13 bits per heavy atom. The third-order valence-electron chi connectivity index (χ3n) is 4.07. The molecule has 3 aromatic heterocycles. The van der Waals surface area contributed by atoms with Gasteiger partial charge in [-0.15, -0.1) is 0 Å². The minimum absolute atomic E-state index is 0.0792. The van der Waals surface area contributed by atoms with Gasteiger partial charge >= 0.3 is 0 Å². The maximum atomic E-state index is 12.2. The molecule has 3 heterocycles. The molecule has 1 amide bonds. The van der Waals surface area contributed by atoms with Crippen molar-refractivity contribution in [3.05, 3.63) is 35.8 Å². The standard InChI is InChI=1S/C17H19N5O2.C5H13N/c1-9(23)10-7-18-15-14(10)21-13(8-19-15)11-5-6-12(20-11)16(24)22-17(2,3)4;1-5(2,3)4-6/h5-8,20H,1-4H3,(H,18,19)(H,22,24);4,6H2,1-3H3. The van der Waals surface area contributed by atoms with Crippen molar-refractivity contribution in [2.75, 3.05) is 6.54 Å². The van der Waals surface area contributed by atoms with Crippen LogP contribution in [0.3, 0.4) is 0 Å². The Morgan fingerprint density at radius 2 is 1.77 bits per heavy atom. The highest BCUT2D eigenvalue weighted by Crippen LogP contribution is 2.21. The number of amides is 1. The number of hydrogen-bond acceptors (Lipinski definition) is 5. The van der Waals surface area contributed by atoms with Crippen molar-refractivity contribution < 1.29 is 9.59 Å². The molecule has 0 aliphatic carbocycles. The monoisotopic (exact) mass is 412 g/mol. The number of carbonyl (C=O) groups is 2. The quantitative estimate of drug-likeness (QED) is 0.488. The fourth-order valence-corrected chi connectivity index (χ4v) is 2.37. The van der Waals surface area contributed by atoms with Crippen LogP contribution in [0.2, 0.25) is 0 Å². The molecule has 5 N–H and O–H groups in total. The summed E-state index contributed by atoms with van der Waals surface area (Å²) in [6, 6.07) is 3.47. The number of Topliss-reactive ketones (excluding diaryl/α,β-unsaturated/α-hetero) is 1. The summed E-state index contributed by atoms with van der Waals surface area (Å²) in [5.74, 6) is -0.265. The number of nitrogens with one attached hydrogen (secondary N) is 3. The number of fused-ring (bicyclic) bond motifs is 1. The first kappa shape index (κ1) is 23.3. The number of nitrogens with two attached hydrogens (primary N) is 1. The summed E-state index contributed by atoms with van der Waals surface area (Å²) >= 11 is 0. The molecule has 0 radical (unpaired) electrons. The van der Waals surface area contributed by atoms with Gasteiger partial charge in [0.25, 0.3) is 5.91 Å². The van der Waals surface area contributed by atoms with Crippen LogP contribution in [0.1, 0.15) is 69.3 Å². The van der Waals surface area contributed by atoms with Gasteiger partial charge in [0.05, 0.1) is 17.5 Å². The number of H-pyrrole nitrogens is 2. The summed E-state index contributed by atoms with van der Waals surface area (Å²) < 4.78 is 0. The molecule has 0 bridgehead atoms. The van der Waals surface area contributed by atoms with Crippen LogP contribution < -0.4 is 11.1 Å². The molecule has 30 heavy (non-hydrogen) atoms. The lowest BCUT2D eigenvalue weighted by Gasteiger charge is -2.19. The minimum Gasteiger partial charge on any atom is -0.349 e. The van der Waals surface area contributed by atoms with E-state index in [2.05, 4.69) is 46.0 Å². The van der Waals surface area contributed by atoms with Crippen molar-refractivity contribution in [3.8, 4) is 11.4 Å². The molecule has 8 heteroatoms. The number of nitrogens with zero attached hydrogens (tertiary/aromatic N) is 2. The van der Waals surface area contributed by atoms with E-state index in [-0.39, 0.29) is 17.2 Å². The van der Waals surface area contributed by atoms with E-state index in [1.807, 2.05) is 20.8 Å². The summed E-state index contributed by atoms with van der Waals surface area (Å²) in [6.07, 6.45) is 3.20. The first-order valence-electron chi connectivity index (χ1n) is 9.88. The Hall–Kier alpha value is -3.00. The van der Waals surface area contributed by atoms with Gasteiger partial charge < -0.3 is 21.0 Å². The molecule has 3 rings (SSSR count). The van der Waals surface area contributed by atoms with Crippen LogP contribution in [-0.4, -0.2) is 43.7 Å². The topological polar surface area (TPSA) is 130 Å². The molecular weight excluding hydrogens is 380 g/mol. The minimum atomic E-state index is -0.317. The van der Waals surface area contributed by atoms with Gasteiger partial charge in [-0.2, -0.15) is 0 Å². The van der Waals surface area contributed by atoms with Crippen molar-refractivity contribution >= 4 is 22.9 Å². The van der Waals surface area contributed by atoms with Crippen LogP contribution in [-0.2, 0) is 0 Å². The zero-order chi connectivity index (χ0) is 22.7. The highest BCUT2D eigenvalue weighted by Gasteiger charge is 2.18. The van der Waals surface area contributed by atoms with Gasteiger partial charge in [-0.05, 0) is 51.8 Å². The molecule has 0 saturated carbocycles. The van der Waals surface area contributed by atoms with Crippen molar-refractivity contribution in [2.24, 2.45) is 11.1 Å². The van der Waals surface area contributed by atoms with Crippen molar-refractivity contribution in [2.45, 2.75) is 54.0 Å². The highest BCUT2D eigenvalue weighted by molar-refractivity contribution is 6.04. The molecule has 0 unspecified atom stereocenters. The third-order valence-corrected chi connectivity index (χ3v) is 4.07. The van der Waals surface area contributed by atoms with E-state index in [4.69, 9.17) is 5.73 Å². The van der Waals surface area contributed by atoms with Crippen LogP contribution in [0.5, 0.6) is 0 Å². The van der Waals surface area contributed by atoms with Crippen LogP contribution in [0.25, 0.3) is 22.6 Å². The summed E-state index contributed by atoms with van der Waals surface area (Å²) in [5, 5.41) is 2.89. The number of aromatic amines is 2. The average Bonchev–Trinajstić information content (AvgIpc) is 3.27. The van der Waals surface area contributed by atoms with E-state index in [1.54, 1.807) is 24.5 Å². The van der Waals surface area contributed by atoms with Crippen molar-refractivity contribution in [1.29, 1.82) is 0 Å². The molecule has 0 aromatic carbocycles. The SMILES string of the molecule is CC(=O)c1c[nH]c2ncc(-c3ccc(C(=O)NC(C)(C)C)[nH]3)nc12.CC(C)(C)CN. The van der Waals surface area contributed by atoms with Crippen molar-refractivity contribution in [1.82, 2.24) is 25.3 Å². The predicted octanol–water partition coefficient (Wildman–Crippen LogP) is 3.68. The molecular formula is C22H32N6O2. The Kier molecular flexibility index (Phi) is 6.82. The normalized spacial score (nSPS) is 11.7. The first-order chi connectivity index (χ1) is 13.8. The largest absolute Gasteiger partial charge is 0.349 e. The van der Waals surface area contributed by atoms with Gasteiger partial charge in [0, 0.05) is 11.7 Å². The van der Waals surface area contributed by atoms with E-state index in [0.717, 1.165) is 6.54 Å². The summed E-state index contributed by atoms with van der Waals surface area (Å²) in [6.45, 7) is 14.4. The van der Waals surface area contributed by atoms with Gasteiger partial charge in [-0.25, -0.2) is 9.97 Å². The van der Waals surface area contributed by atoms with Crippen LogP contribution >= 0.6 is 0 Å². The Balaban J connectivity index is 0.000000469. The second kappa shape index (κ2) is 8.79. The zero-order valence-electron chi connectivity index (χ0n) is 18.8. The lowest BCUT2D eigenvalue weighted by Crippen LogP contribution is -2.40. The van der Waals surface area contributed by atoms with Crippen LogP contribution in [0, 0.1) is 5.41 Å². The summed E-state index contributed by atoms with van der Waals surface area (Å²) in [4.78, 5) is 38.6. The predicted molar refractivity (Wildman–Crippen MR) is 119 cm³/mol. The highest BCUT2D eigenvalue weighted by atomic mass is 16.2. The maximum absolute atomic E-state index is 12.2. The van der Waals surface area contributed by atoms with Gasteiger partial charge in [0.15, 0.2) is 11.4 Å². The number of ketones is 1. The molecule has 0 spiro atoms. The van der Waals surface area contributed by atoms with Crippen molar-refractivity contribution in [3.63, 3.8) is 0 Å². The lowest BCUT2D eigenvalue weighted by atomic mass is 9.98. The van der Waals surface area contributed by atoms with E-state index in [0.29, 0.717) is 39.2 Å². The average molecular weight is 413 g/mol. The second-order valence-electron chi connectivity index (χ2n) is 9.47. The summed E-state index contributed by atoms with van der Waals surface area (Å²) in [5.41, 5.74) is 8.57. The fraction of sp³-hybridized carbons (Fsp3) is 0.455. The summed E-state index contributed by atoms with van der Waals surface area (Å²) in [7, 11) is 0. The van der Waals surface area contributed by atoms with Gasteiger partial charge in [-0.1, -0.05) is 20.8 Å². The number of hydrogen-bond donors (Lipinski definition) is 4. The molecule has 0 aliphatic heterocycles. The second-order valence-corrected chi connectivity index (χ2v) is 9.47.